The quantitative estimate of drug-likeness (QED) is 0.558. The van der Waals surface area contributed by atoms with Crippen LogP contribution in [-0.2, 0) is 10.0 Å². The van der Waals surface area contributed by atoms with Gasteiger partial charge in [-0.15, -0.1) is 0 Å². The van der Waals surface area contributed by atoms with E-state index in [1.807, 2.05) is 36.4 Å². The number of hydrogen-bond donors (Lipinski definition) is 0. The molecule has 1 aromatic heterocycles. The Morgan fingerprint density at radius 2 is 1.64 bits per heavy atom. The van der Waals surface area contributed by atoms with Crippen LogP contribution in [0.5, 0.6) is 5.75 Å². The molecule has 2 aromatic carbocycles. The van der Waals surface area contributed by atoms with Gasteiger partial charge in [-0.2, -0.15) is 9.40 Å². The van der Waals surface area contributed by atoms with Crippen LogP contribution in [0.25, 0.3) is 5.69 Å². The van der Waals surface area contributed by atoms with E-state index in [1.54, 1.807) is 33.8 Å². The molecule has 1 aliphatic heterocycles. The highest BCUT2D eigenvalue weighted by atomic mass is 32.2. The summed E-state index contributed by atoms with van der Waals surface area (Å²) in [6.45, 7) is 1.14. The Hall–Kier alpha value is -3.17. The van der Waals surface area contributed by atoms with Crippen molar-refractivity contribution in [2.75, 3.05) is 33.3 Å². The van der Waals surface area contributed by atoms with E-state index in [0.29, 0.717) is 30.5 Å². The van der Waals surface area contributed by atoms with E-state index < -0.39 is 10.0 Å². The van der Waals surface area contributed by atoms with E-state index in [9.17, 15) is 13.2 Å². The summed E-state index contributed by atoms with van der Waals surface area (Å²) in [7, 11) is -2.09. The third kappa shape index (κ3) is 4.26. The third-order valence-electron chi connectivity index (χ3n) is 6.17. The van der Waals surface area contributed by atoms with Gasteiger partial charge in [0, 0.05) is 32.1 Å². The molecular weight excluding hydrogens is 440 g/mol. The molecule has 0 radical (unpaired) electrons. The Balaban J connectivity index is 1.33. The summed E-state index contributed by atoms with van der Waals surface area (Å²) in [4.78, 5) is 15.4. The number of ether oxygens (including phenoxy) is 1. The maximum atomic E-state index is 13.4. The normalized spacial score (nSPS) is 17.2. The van der Waals surface area contributed by atoms with Crippen LogP contribution in [0.15, 0.2) is 65.6 Å². The summed E-state index contributed by atoms with van der Waals surface area (Å²) < 4.78 is 34.3. The molecule has 0 atom stereocenters. The van der Waals surface area contributed by atoms with Gasteiger partial charge in [0.15, 0.2) is 0 Å². The largest absolute Gasteiger partial charge is 0.497 e. The number of carbonyl (C=O) groups is 1. The molecular formula is C24H26N4O4S. The molecule has 2 aliphatic rings. The summed E-state index contributed by atoms with van der Waals surface area (Å²) in [5.41, 5.74) is 2.31. The van der Waals surface area contributed by atoms with E-state index in [2.05, 4.69) is 0 Å². The van der Waals surface area contributed by atoms with Crippen molar-refractivity contribution < 1.29 is 17.9 Å². The second-order valence-electron chi connectivity index (χ2n) is 8.35. The number of carbonyl (C=O) groups excluding carboxylic acids is 1. The van der Waals surface area contributed by atoms with Crippen LogP contribution in [0.2, 0.25) is 0 Å². The fourth-order valence-corrected chi connectivity index (χ4v) is 5.51. The van der Waals surface area contributed by atoms with E-state index >= 15 is 0 Å². The Labute approximate surface area is 193 Å². The standard InChI is InChI=1S/C24H26N4O4S/c1-32-20-9-11-21(12-10-20)33(30,31)27-15-13-26(14-16-27)24(29)23-17-22(18-7-8-18)25-28(23)19-5-3-2-4-6-19/h2-6,9-12,17-18H,7-8,13-16H2,1H3. The van der Waals surface area contributed by atoms with Crippen molar-refractivity contribution in [1.29, 1.82) is 0 Å². The van der Waals surface area contributed by atoms with Crippen molar-refractivity contribution >= 4 is 15.9 Å². The SMILES string of the molecule is COc1ccc(S(=O)(=O)N2CCN(C(=O)c3cc(C4CC4)nn3-c3ccccc3)CC2)cc1. The molecule has 2 heterocycles. The Morgan fingerprint density at radius 3 is 2.24 bits per heavy atom. The third-order valence-corrected chi connectivity index (χ3v) is 8.08. The molecule has 1 saturated carbocycles. The van der Waals surface area contributed by atoms with E-state index in [4.69, 9.17) is 9.84 Å². The first kappa shape index (κ1) is 21.7. The molecule has 33 heavy (non-hydrogen) atoms. The first-order chi connectivity index (χ1) is 16.0. The summed E-state index contributed by atoms with van der Waals surface area (Å²) in [6.07, 6.45) is 2.20. The average Bonchev–Trinajstić information content (AvgIpc) is 3.62. The number of nitrogens with zero attached hydrogens (tertiary/aromatic N) is 4. The summed E-state index contributed by atoms with van der Waals surface area (Å²) in [5, 5.41) is 4.72. The van der Waals surface area contributed by atoms with Crippen molar-refractivity contribution in [3.8, 4) is 11.4 Å². The maximum absolute atomic E-state index is 13.4. The van der Waals surface area contributed by atoms with Crippen molar-refractivity contribution in [3.05, 3.63) is 72.1 Å². The topological polar surface area (TPSA) is 84.7 Å². The Morgan fingerprint density at radius 1 is 0.970 bits per heavy atom. The fraction of sp³-hybridized carbons (Fsp3) is 0.333. The zero-order valence-corrected chi connectivity index (χ0v) is 19.2. The molecule has 1 saturated heterocycles. The number of sulfonamides is 1. The highest BCUT2D eigenvalue weighted by Crippen LogP contribution is 2.40. The van der Waals surface area contributed by atoms with Crippen LogP contribution < -0.4 is 4.74 Å². The molecule has 5 rings (SSSR count). The van der Waals surface area contributed by atoms with E-state index in [-0.39, 0.29) is 23.9 Å². The molecule has 0 N–H and O–H groups in total. The molecule has 1 aliphatic carbocycles. The minimum atomic E-state index is -3.63. The lowest BCUT2D eigenvalue weighted by molar-refractivity contribution is 0.0688. The number of para-hydroxylation sites is 1. The van der Waals surface area contributed by atoms with Gasteiger partial charge in [0.1, 0.15) is 11.4 Å². The zero-order valence-electron chi connectivity index (χ0n) is 18.4. The van der Waals surface area contributed by atoms with E-state index in [1.165, 1.54) is 11.4 Å². The van der Waals surface area contributed by atoms with Gasteiger partial charge >= 0.3 is 0 Å². The van der Waals surface area contributed by atoms with Crippen LogP contribution >= 0.6 is 0 Å². The van der Waals surface area contributed by atoms with Crippen LogP contribution in [0.1, 0.15) is 34.9 Å². The number of hydrogen-bond acceptors (Lipinski definition) is 5. The number of benzene rings is 2. The first-order valence-electron chi connectivity index (χ1n) is 11.1. The zero-order chi connectivity index (χ0) is 23.0. The molecule has 2 fully saturated rings. The van der Waals surface area contributed by atoms with Gasteiger partial charge in [-0.25, -0.2) is 13.1 Å². The van der Waals surface area contributed by atoms with Gasteiger partial charge in [-0.3, -0.25) is 4.79 Å². The highest BCUT2D eigenvalue weighted by Gasteiger charge is 2.33. The molecule has 3 aromatic rings. The number of piperazine rings is 1. The molecule has 0 bridgehead atoms. The Kier molecular flexibility index (Phi) is 5.67. The highest BCUT2D eigenvalue weighted by molar-refractivity contribution is 7.89. The second kappa shape index (κ2) is 8.64. The molecule has 8 nitrogen and oxygen atoms in total. The number of rotatable bonds is 6. The van der Waals surface area contributed by atoms with Gasteiger partial charge in [0.25, 0.3) is 5.91 Å². The second-order valence-corrected chi connectivity index (χ2v) is 10.3. The summed E-state index contributed by atoms with van der Waals surface area (Å²) in [6, 6.07) is 17.9. The predicted octanol–water partition coefficient (Wildman–Crippen LogP) is 2.91. The van der Waals surface area contributed by atoms with Gasteiger partial charge in [0.05, 0.1) is 23.4 Å². The lowest BCUT2D eigenvalue weighted by Gasteiger charge is -2.34. The predicted molar refractivity (Wildman–Crippen MR) is 123 cm³/mol. The molecule has 0 unspecified atom stereocenters. The summed E-state index contributed by atoms with van der Waals surface area (Å²) in [5.74, 6) is 0.901. The molecule has 1 amide bonds. The first-order valence-corrected chi connectivity index (χ1v) is 12.5. The molecule has 172 valence electrons. The van der Waals surface area contributed by atoms with Gasteiger partial charge in [-0.05, 0) is 55.3 Å². The van der Waals surface area contributed by atoms with Crippen LogP contribution in [0, 0.1) is 0 Å². The van der Waals surface area contributed by atoms with Gasteiger partial charge < -0.3 is 9.64 Å². The van der Waals surface area contributed by atoms with Crippen molar-refractivity contribution in [1.82, 2.24) is 19.0 Å². The summed E-state index contributed by atoms with van der Waals surface area (Å²) >= 11 is 0. The Bertz CT molecular complexity index is 1240. The van der Waals surface area contributed by atoms with E-state index in [0.717, 1.165) is 24.2 Å². The van der Waals surface area contributed by atoms with Gasteiger partial charge in [0.2, 0.25) is 10.0 Å². The smallest absolute Gasteiger partial charge is 0.272 e. The number of aromatic nitrogens is 2. The molecule has 9 heteroatoms. The minimum absolute atomic E-state index is 0.125. The van der Waals surface area contributed by atoms with Crippen LogP contribution in [0.3, 0.4) is 0 Å². The number of methoxy groups -OCH3 is 1. The average molecular weight is 467 g/mol. The fourth-order valence-electron chi connectivity index (χ4n) is 4.09. The van der Waals surface area contributed by atoms with Crippen molar-refractivity contribution in [2.45, 2.75) is 23.7 Å². The minimum Gasteiger partial charge on any atom is -0.497 e. The van der Waals surface area contributed by atoms with Crippen molar-refractivity contribution in [2.24, 2.45) is 0 Å². The lowest BCUT2D eigenvalue weighted by atomic mass is 10.2. The maximum Gasteiger partial charge on any atom is 0.272 e. The van der Waals surface area contributed by atoms with Crippen LogP contribution in [0.4, 0.5) is 0 Å². The lowest BCUT2D eigenvalue weighted by Crippen LogP contribution is -2.50. The van der Waals surface area contributed by atoms with Crippen molar-refractivity contribution in [3.63, 3.8) is 0 Å². The van der Waals surface area contributed by atoms with Crippen LogP contribution in [-0.4, -0.2) is 66.6 Å². The number of amides is 1. The van der Waals surface area contributed by atoms with Gasteiger partial charge in [-0.1, -0.05) is 18.2 Å². The molecule has 0 spiro atoms. The monoisotopic (exact) mass is 466 g/mol.